The van der Waals surface area contributed by atoms with E-state index in [9.17, 15) is 9.59 Å². The molecule has 0 radical (unpaired) electrons. The van der Waals surface area contributed by atoms with E-state index in [1.807, 2.05) is 71.8 Å². The highest BCUT2D eigenvalue weighted by Gasteiger charge is 2.35. The van der Waals surface area contributed by atoms with Crippen LogP contribution in [-0.2, 0) is 17.9 Å². The van der Waals surface area contributed by atoms with Gasteiger partial charge in [0.15, 0.2) is 11.5 Å². The van der Waals surface area contributed by atoms with Crippen molar-refractivity contribution >= 4 is 23.2 Å². The standard InChI is InChI=1S/C26H26N2O4S/c1-18-5-2-3-7-22(18)26(30)28(20-9-10-20)16-25(29)27(15-21-6-4-12-33-21)14-19-8-11-23-24(13-19)32-17-31-23/h2-8,11-13,20H,9-10,14-17H2,1H3. The summed E-state index contributed by atoms with van der Waals surface area (Å²) in [6, 6.07) is 17.5. The normalized spacial score (nSPS) is 14.2. The first-order valence-corrected chi connectivity index (χ1v) is 12.0. The lowest BCUT2D eigenvalue weighted by molar-refractivity contribution is -0.133. The minimum Gasteiger partial charge on any atom is -0.454 e. The van der Waals surface area contributed by atoms with Gasteiger partial charge in [-0.25, -0.2) is 0 Å². The van der Waals surface area contributed by atoms with Crippen molar-refractivity contribution < 1.29 is 19.1 Å². The van der Waals surface area contributed by atoms with Gasteiger partial charge in [0, 0.05) is 23.0 Å². The lowest BCUT2D eigenvalue weighted by Gasteiger charge is -2.28. The van der Waals surface area contributed by atoms with E-state index in [1.54, 1.807) is 16.2 Å². The zero-order valence-corrected chi connectivity index (χ0v) is 19.3. The van der Waals surface area contributed by atoms with E-state index in [0.29, 0.717) is 24.4 Å². The molecule has 0 bridgehead atoms. The minimum absolute atomic E-state index is 0.0603. The number of rotatable bonds is 8. The van der Waals surface area contributed by atoms with E-state index in [1.165, 1.54) is 0 Å². The fourth-order valence-electron chi connectivity index (χ4n) is 4.05. The number of carbonyl (C=O) groups excluding carboxylic acids is 2. The van der Waals surface area contributed by atoms with Gasteiger partial charge < -0.3 is 19.3 Å². The second-order valence-electron chi connectivity index (χ2n) is 8.50. The molecule has 1 fully saturated rings. The van der Waals surface area contributed by atoms with Crippen molar-refractivity contribution in [2.75, 3.05) is 13.3 Å². The van der Waals surface area contributed by atoms with Gasteiger partial charge in [-0.3, -0.25) is 9.59 Å². The summed E-state index contributed by atoms with van der Waals surface area (Å²) in [6.45, 7) is 3.16. The molecule has 0 atom stereocenters. The topological polar surface area (TPSA) is 59.1 Å². The third-order valence-corrected chi connectivity index (χ3v) is 6.88. The Balaban J connectivity index is 1.36. The molecule has 2 heterocycles. The van der Waals surface area contributed by atoms with Gasteiger partial charge in [0.1, 0.15) is 6.54 Å². The van der Waals surface area contributed by atoms with E-state index in [0.717, 1.165) is 34.6 Å². The Labute approximate surface area is 197 Å². The molecule has 7 heteroatoms. The summed E-state index contributed by atoms with van der Waals surface area (Å²) in [5.74, 6) is 1.29. The van der Waals surface area contributed by atoms with Gasteiger partial charge in [0.05, 0.1) is 6.54 Å². The Hall–Kier alpha value is -3.32. The van der Waals surface area contributed by atoms with E-state index >= 15 is 0 Å². The fourth-order valence-corrected chi connectivity index (χ4v) is 4.77. The summed E-state index contributed by atoms with van der Waals surface area (Å²) in [5, 5.41) is 2.01. The highest BCUT2D eigenvalue weighted by molar-refractivity contribution is 7.09. The first kappa shape index (κ1) is 21.5. The average molecular weight is 463 g/mol. The number of thiophene rings is 1. The maximum absolute atomic E-state index is 13.6. The molecule has 1 aliphatic carbocycles. The number of fused-ring (bicyclic) bond motifs is 1. The van der Waals surface area contributed by atoms with Gasteiger partial charge >= 0.3 is 0 Å². The van der Waals surface area contributed by atoms with Crippen LogP contribution in [0.5, 0.6) is 11.5 Å². The second kappa shape index (κ2) is 9.27. The molecular formula is C26H26N2O4S. The number of hydrogen-bond acceptors (Lipinski definition) is 5. The molecule has 1 aromatic heterocycles. The van der Waals surface area contributed by atoms with Crippen LogP contribution in [-0.4, -0.2) is 41.0 Å². The SMILES string of the molecule is Cc1ccccc1C(=O)N(CC(=O)N(Cc1ccc2c(c1)OCO2)Cc1cccs1)C1CC1. The summed E-state index contributed by atoms with van der Waals surface area (Å²) in [7, 11) is 0. The van der Waals surface area contributed by atoms with Crippen LogP contribution in [0.15, 0.2) is 60.0 Å². The number of aryl methyl sites for hydroxylation is 1. The highest BCUT2D eigenvalue weighted by atomic mass is 32.1. The van der Waals surface area contributed by atoms with Crippen LogP contribution in [0, 0.1) is 6.92 Å². The van der Waals surface area contributed by atoms with Crippen molar-refractivity contribution in [3.8, 4) is 11.5 Å². The molecule has 170 valence electrons. The van der Waals surface area contributed by atoms with Gasteiger partial charge in [0.25, 0.3) is 5.91 Å². The molecular weight excluding hydrogens is 436 g/mol. The molecule has 1 aliphatic heterocycles. The quantitative estimate of drug-likeness (QED) is 0.490. The Morgan fingerprint density at radius 2 is 1.82 bits per heavy atom. The van der Waals surface area contributed by atoms with E-state index in [-0.39, 0.29) is 31.2 Å². The summed E-state index contributed by atoms with van der Waals surface area (Å²) < 4.78 is 10.9. The lowest BCUT2D eigenvalue weighted by atomic mass is 10.1. The molecule has 33 heavy (non-hydrogen) atoms. The van der Waals surface area contributed by atoms with Gasteiger partial charge in [-0.05, 0) is 60.5 Å². The fraction of sp³-hybridized carbons (Fsp3) is 0.308. The largest absolute Gasteiger partial charge is 0.454 e. The monoisotopic (exact) mass is 462 g/mol. The zero-order valence-electron chi connectivity index (χ0n) is 18.5. The van der Waals surface area contributed by atoms with Crippen molar-refractivity contribution in [1.29, 1.82) is 0 Å². The Bertz CT molecular complexity index is 1160. The molecule has 0 saturated heterocycles. The molecule has 0 unspecified atom stereocenters. The predicted octanol–water partition coefficient (Wildman–Crippen LogP) is 4.62. The van der Waals surface area contributed by atoms with E-state index in [2.05, 4.69) is 0 Å². The molecule has 6 nitrogen and oxygen atoms in total. The molecule has 5 rings (SSSR count). The molecule has 2 aromatic carbocycles. The van der Waals surface area contributed by atoms with Crippen LogP contribution in [0.1, 0.15) is 39.2 Å². The van der Waals surface area contributed by atoms with Crippen LogP contribution in [0.2, 0.25) is 0 Å². The summed E-state index contributed by atoms with van der Waals surface area (Å²) in [5.41, 5.74) is 2.56. The van der Waals surface area contributed by atoms with Crippen molar-refractivity contribution in [1.82, 2.24) is 9.80 Å². The van der Waals surface area contributed by atoms with Crippen molar-refractivity contribution in [3.63, 3.8) is 0 Å². The van der Waals surface area contributed by atoms with Crippen LogP contribution in [0.4, 0.5) is 0 Å². The molecule has 0 spiro atoms. The van der Waals surface area contributed by atoms with Crippen LogP contribution in [0.25, 0.3) is 0 Å². The Morgan fingerprint density at radius 3 is 2.58 bits per heavy atom. The van der Waals surface area contributed by atoms with Crippen LogP contribution >= 0.6 is 11.3 Å². The van der Waals surface area contributed by atoms with E-state index < -0.39 is 0 Å². The average Bonchev–Trinajstić information content (AvgIpc) is 3.32. The van der Waals surface area contributed by atoms with E-state index in [4.69, 9.17) is 9.47 Å². The maximum Gasteiger partial charge on any atom is 0.254 e. The number of benzene rings is 2. The molecule has 3 aromatic rings. The smallest absolute Gasteiger partial charge is 0.254 e. The molecule has 1 saturated carbocycles. The summed E-state index contributed by atoms with van der Waals surface area (Å²) in [4.78, 5) is 31.6. The van der Waals surface area contributed by atoms with Crippen LogP contribution in [0.3, 0.4) is 0 Å². The first-order valence-electron chi connectivity index (χ1n) is 11.1. The maximum atomic E-state index is 13.6. The Kier molecular flexibility index (Phi) is 6.05. The summed E-state index contributed by atoms with van der Waals surface area (Å²) >= 11 is 1.62. The van der Waals surface area contributed by atoms with Crippen LogP contribution < -0.4 is 9.47 Å². The number of ether oxygens (including phenoxy) is 2. The lowest BCUT2D eigenvalue weighted by Crippen LogP contribution is -2.43. The van der Waals surface area contributed by atoms with Crippen molar-refractivity contribution in [2.45, 2.75) is 38.9 Å². The highest BCUT2D eigenvalue weighted by Crippen LogP contribution is 2.33. The van der Waals surface area contributed by atoms with Crippen molar-refractivity contribution in [3.05, 3.63) is 81.5 Å². The third-order valence-electron chi connectivity index (χ3n) is 6.02. The van der Waals surface area contributed by atoms with Gasteiger partial charge in [0.2, 0.25) is 12.7 Å². The first-order chi connectivity index (χ1) is 16.1. The Morgan fingerprint density at radius 1 is 1.00 bits per heavy atom. The second-order valence-corrected chi connectivity index (χ2v) is 9.53. The zero-order chi connectivity index (χ0) is 22.8. The van der Waals surface area contributed by atoms with Crippen molar-refractivity contribution in [2.24, 2.45) is 0 Å². The molecule has 0 N–H and O–H groups in total. The number of amides is 2. The minimum atomic E-state index is -0.0666. The summed E-state index contributed by atoms with van der Waals surface area (Å²) in [6.07, 6.45) is 1.88. The number of carbonyl (C=O) groups is 2. The molecule has 2 aliphatic rings. The van der Waals surface area contributed by atoms with Gasteiger partial charge in [-0.15, -0.1) is 11.3 Å². The molecule has 2 amide bonds. The van der Waals surface area contributed by atoms with Gasteiger partial charge in [-0.1, -0.05) is 30.3 Å². The predicted molar refractivity (Wildman–Crippen MR) is 126 cm³/mol. The van der Waals surface area contributed by atoms with Gasteiger partial charge in [-0.2, -0.15) is 0 Å². The number of hydrogen-bond donors (Lipinski definition) is 0. The number of nitrogens with zero attached hydrogens (tertiary/aromatic N) is 2. The third kappa shape index (κ3) is 4.88.